The Bertz CT molecular complexity index is 194. The van der Waals surface area contributed by atoms with E-state index in [4.69, 9.17) is 9.84 Å². The quantitative estimate of drug-likeness (QED) is 0.464. The molecule has 4 nitrogen and oxygen atoms in total. The smallest absolute Gasteiger partial charge is 0.307 e. The highest BCUT2D eigenvalue weighted by molar-refractivity contribution is 5.69. The average molecular weight is 215 g/mol. The highest BCUT2D eigenvalue weighted by Crippen LogP contribution is 2.01. The SMILES string of the molecule is C=CCN(CCCOC)CC(C)C(=O)O. The van der Waals surface area contributed by atoms with Crippen molar-refractivity contribution >= 4 is 5.97 Å². The fourth-order valence-electron chi connectivity index (χ4n) is 1.34. The zero-order valence-electron chi connectivity index (χ0n) is 9.61. The second kappa shape index (κ2) is 8.44. The molecule has 1 atom stereocenters. The summed E-state index contributed by atoms with van der Waals surface area (Å²) in [5.74, 6) is -1.09. The zero-order chi connectivity index (χ0) is 11.7. The van der Waals surface area contributed by atoms with Crippen LogP contribution in [0.2, 0.25) is 0 Å². The molecule has 0 aliphatic carbocycles. The van der Waals surface area contributed by atoms with Gasteiger partial charge in [0.25, 0.3) is 0 Å². The van der Waals surface area contributed by atoms with Crippen LogP contribution in [0.5, 0.6) is 0 Å². The minimum Gasteiger partial charge on any atom is -0.481 e. The molecule has 0 heterocycles. The summed E-state index contributed by atoms with van der Waals surface area (Å²) in [5.41, 5.74) is 0. The van der Waals surface area contributed by atoms with E-state index in [1.807, 2.05) is 0 Å². The van der Waals surface area contributed by atoms with Crippen LogP contribution in [0.3, 0.4) is 0 Å². The summed E-state index contributed by atoms with van der Waals surface area (Å²) in [6, 6.07) is 0. The molecule has 1 N–H and O–H groups in total. The fourth-order valence-corrected chi connectivity index (χ4v) is 1.34. The number of carboxylic acid groups (broad SMARTS) is 1. The maximum Gasteiger partial charge on any atom is 0.307 e. The van der Waals surface area contributed by atoms with Gasteiger partial charge in [0, 0.05) is 33.4 Å². The van der Waals surface area contributed by atoms with Crippen molar-refractivity contribution in [1.29, 1.82) is 0 Å². The monoisotopic (exact) mass is 215 g/mol. The van der Waals surface area contributed by atoms with Crippen LogP contribution in [0, 0.1) is 5.92 Å². The Labute approximate surface area is 91.5 Å². The lowest BCUT2D eigenvalue weighted by Crippen LogP contribution is -2.33. The molecule has 0 fully saturated rings. The second-order valence-electron chi connectivity index (χ2n) is 3.63. The second-order valence-corrected chi connectivity index (χ2v) is 3.63. The van der Waals surface area contributed by atoms with Gasteiger partial charge in [-0.3, -0.25) is 9.69 Å². The van der Waals surface area contributed by atoms with Gasteiger partial charge in [-0.2, -0.15) is 0 Å². The number of aliphatic carboxylic acids is 1. The van der Waals surface area contributed by atoms with Crippen LogP contribution in [-0.4, -0.2) is 49.3 Å². The normalized spacial score (nSPS) is 12.7. The van der Waals surface area contributed by atoms with Crippen LogP contribution in [0.1, 0.15) is 13.3 Å². The van der Waals surface area contributed by atoms with Crippen LogP contribution >= 0.6 is 0 Å². The molecule has 0 aliphatic heterocycles. The molecule has 0 saturated heterocycles. The Morgan fingerprint density at radius 1 is 1.67 bits per heavy atom. The maximum atomic E-state index is 10.7. The molecule has 88 valence electrons. The van der Waals surface area contributed by atoms with Crippen LogP contribution in [-0.2, 0) is 9.53 Å². The van der Waals surface area contributed by atoms with Gasteiger partial charge in [0.2, 0.25) is 0 Å². The molecule has 1 unspecified atom stereocenters. The van der Waals surface area contributed by atoms with Crippen molar-refractivity contribution in [2.45, 2.75) is 13.3 Å². The van der Waals surface area contributed by atoms with E-state index in [-0.39, 0.29) is 5.92 Å². The Kier molecular flexibility index (Phi) is 7.95. The van der Waals surface area contributed by atoms with E-state index < -0.39 is 5.97 Å². The molecule has 0 saturated carbocycles. The molecule has 4 heteroatoms. The number of hydrogen-bond donors (Lipinski definition) is 1. The number of rotatable bonds is 9. The first-order valence-electron chi connectivity index (χ1n) is 5.16. The van der Waals surface area contributed by atoms with Crippen LogP contribution in [0.25, 0.3) is 0 Å². The van der Waals surface area contributed by atoms with Crippen LogP contribution in [0.4, 0.5) is 0 Å². The number of methoxy groups -OCH3 is 1. The Balaban J connectivity index is 3.91. The molecular weight excluding hydrogens is 194 g/mol. The molecule has 0 aliphatic rings. The highest BCUT2D eigenvalue weighted by Gasteiger charge is 2.14. The van der Waals surface area contributed by atoms with E-state index in [9.17, 15) is 4.79 Å². The van der Waals surface area contributed by atoms with Gasteiger partial charge >= 0.3 is 5.97 Å². The molecule has 0 aromatic heterocycles. The highest BCUT2D eigenvalue weighted by atomic mass is 16.5. The van der Waals surface area contributed by atoms with Gasteiger partial charge in [0.1, 0.15) is 0 Å². The molecule has 0 aromatic carbocycles. The van der Waals surface area contributed by atoms with Crippen molar-refractivity contribution in [3.8, 4) is 0 Å². The van der Waals surface area contributed by atoms with Crippen molar-refractivity contribution in [3.05, 3.63) is 12.7 Å². The van der Waals surface area contributed by atoms with Crippen LogP contribution < -0.4 is 0 Å². The lowest BCUT2D eigenvalue weighted by Gasteiger charge is -2.22. The van der Waals surface area contributed by atoms with E-state index in [1.165, 1.54) is 0 Å². The molecule has 15 heavy (non-hydrogen) atoms. The molecule has 0 aromatic rings. The van der Waals surface area contributed by atoms with Crippen molar-refractivity contribution in [2.75, 3.05) is 33.4 Å². The van der Waals surface area contributed by atoms with Crippen molar-refractivity contribution < 1.29 is 14.6 Å². The Morgan fingerprint density at radius 2 is 2.33 bits per heavy atom. The molecular formula is C11H21NO3. The molecule has 0 rings (SSSR count). The molecule has 0 radical (unpaired) electrons. The van der Waals surface area contributed by atoms with E-state index in [1.54, 1.807) is 20.1 Å². The molecule has 0 spiro atoms. The first-order valence-corrected chi connectivity index (χ1v) is 5.16. The predicted octanol–water partition coefficient (Wildman–Crippen LogP) is 1.23. The third-order valence-electron chi connectivity index (χ3n) is 2.16. The summed E-state index contributed by atoms with van der Waals surface area (Å²) < 4.78 is 4.95. The average Bonchev–Trinajstić information content (AvgIpc) is 2.18. The van der Waals surface area contributed by atoms with Gasteiger partial charge in [-0.15, -0.1) is 6.58 Å². The number of hydrogen-bond acceptors (Lipinski definition) is 3. The minimum absolute atomic E-state index is 0.340. The summed E-state index contributed by atoms with van der Waals surface area (Å²) in [5, 5.41) is 8.79. The fraction of sp³-hybridized carbons (Fsp3) is 0.727. The van der Waals surface area contributed by atoms with E-state index in [2.05, 4.69) is 11.5 Å². The van der Waals surface area contributed by atoms with Gasteiger partial charge in [0.05, 0.1) is 5.92 Å². The standard InChI is InChI=1S/C11H21NO3/c1-4-6-12(7-5-8-15-3)9-10(2)11(13)14/h4,10H,1,5-9H2,2-3H3,(H,13,14). The Morgan fingerprint density at radius 3 is 2.80 bits per heavy atom. The maximum absolute atomic E-state index is 10.7. The zero-order valence-corrected chi connectivity index (χ0v) is 9.61. The summed E-state index contributed by atoms with van der Waals surface area (Å²) >= 11 is 0. The summed E-state index contributed by atoms with van der Waals surface area (Å²) in [7, 11) is 1.66. The van der Waals surface area contributed by atoms with Crippen LogP contribution in [0.15, 0.2) is 12.7 Å². The lowest BCUT2D eigenvalue weighted by atomic mass is 10.1. The Hall–Kier alpha value is -0.870. The van der Waals surface area contributed by atoms with E-state index >= 15 is 0 Å². The predicted molar refractivity (Wildman–Crippen MR) is 59.9 cm³/mol. The van der Waals surface area contributed by atoms with Crippen molar-refractivity contribution in [3.63, 3.8) is 0 Å². The third kappa shape index (κ3) is 7.11. The molecule has 0 amide bonds. The topological polar surface area (TPSA) is 49.8 Å². The van der Waals surface area contributed by atoms with Gasteiger partial charge < -0.3 is 9.84 Å². The largest absolute Gasteiger partial charge is 0.481 e. The molecule has 0 bridgehead atoms. The van der Waals surface area contributed by atoms with Gasteiger partial charge in [-0.25, -0.2) is 0 Å². The van der Waals surface area contributed by atoms with E-state index in [0.717, 1.165) is 19.5 Å². The first kappa shape index (κ1) is 14.1. The van der Waals surface area contributed by atoms with Crippen molar-refractivity contribution in [1.82, 2.24) is 4.90 Å². The summed E-state index contributed by atoms with van der Waals surface area (Å²) in [6.45, 7) is 8.21. The number of carboxylic acids is 1. The first-order chi connectivity index (χ1) is 7.11. The van der Waals surface area contributed by atoms with Gasteiger partial charge in [-0.1, -0.05) is 13.0 Å². The minimum atomic E-state index is -0.754. The number of ether oxygens (including phenoxy) is 1. The van der Waals surface area contributed by atoms with Crippen molar-refractivity contribution in [2.24, 2.45) is 5.92 Å². The van der Waals surface area contributed by atoms with E-state index in [0.29, 0.717) is 13.2 Å². The van der Waals surface area contributed by atoms with Gasteiger partial charge in [-0.05, 0) is 6.42 Å². The van der Waals surface area contributed by atoms with Gasteiger partial charge in [0.15, 0.2) is 0 Å². The number of carbonyl (C=O) groups is 1. The summed E-state index contributed by atoms with van der Waals surface area (Å²) in [6.07, 6.45) is 2.71. The third-order valence-corrected chi connectivity index (χ3v) is 2.16. The number of nitrogens with zero attached hydrogens (tertiary/aromatic N) is 1. The summed E-state index contributed by atoms with van der Waals surface area (Å²) in [4.78, 5) is 12.8. The lowest BCUT2D eigenvalue weighted by molar-refractivity contribution is -0.141.